The fourth-order valence-electron chi connectivity index (χ4n) is 2.86. The maximum atomic E-state index is 13.2. The molecule has 0 aliphatic rings. The smallest absolute Gasteiger partial charge is 0.408 e. The second kappa shape index (κ2) is 10.7. The molecule has 0 aliphatic heterocycles. The molecule has 2 unspecified atom stereocenters. The van der Waals surface area contributed by atoms with Crippen LogP contribution in [0.1, 0.15) is 57.4 Å². The number of hydrogen-bond donors (Lipinski definition) is 3. The molecule has 1 aromatic carbocycles. The van der Waals surface area contributed by atoms with Gasteiger partial charge in [0.05, 0.1) is 0 Å². The first-order chi connectivity index (χ1) is 13.8. The van der Waals surface area contributed by atoms with E-state index in [1.807, 2.05) is 45.9 Å². The van der Waals surface area contributed by atoms with Crippen molar-refractivity contribution in [3.05, 3.63) is 34.9 Å². The summed E-state index contributed by atoms with van der Waals surface area (Å²) in [6.45, 7) is 12.9. The Morgan fingerprint density at radius 2 is 1.70 bits per heavy atom. The summed E-state index contributed by atoms with van der Waals surface area (Å²) in [5.41, 5.74) is 2.12. The molecule has 0 aromatic heterocycles. The van der Waals surface area contributed by atoms with Crippen LogP contribution in [0.4, 0.5) is 4.79 Å². The predicted molar refractivity (Wildman–Crippen MR) is 122 cm³/mol. The molecule has 0 heterocycles. The van der Waals surface area contributed by atoms with Gasteiger partial charge in [0.25, 0.3) is 0 Å². The van der Waals surface area contributed by atoms with Crippen LogP contribution in [0.5, 0.6) is 0 Å². The molecular formula is C22H35N3O4S. The lowest BCUT2D eigenvalue weighted by Crippen LogP contribution is -2.53. The van der Waals surface area contributed by atoms with Crippen molar-refractivity contribution in [3.63, 3.8) is 0 Å². The van der Waals surface area contributed by atoms with E-state index < -0.39 is 29.7 Å². The van der Waals surface area contributed by atoms with E-state index in [2.05, 4.69) is 23.3 Å². The molecule has 2 atom stereocenters. The third-order valence-electron chi connectivity index (χ3n) is 4.43. The van der Waals surface area contributed by atoms with Gasteiger partial charge < -0.3 is 20.3 Å². The third kappa shape index (κ3) is 7.55. The van der Waals surface area contributed by atoms with E-state index in [9.17, 15) is 14.4 Å². The molecule has 1 rings (SSSR count). The molecule has 0 spiro atoms. The highest BCUT2D eigenvalue weighted by atomic mass is 32.1. The Kier molecular flexibility index (Phi) is 9.21. The zero-order chi connectivity index (χ0) is 23.2. The Morgan fingerprint density at radius 3 is 2.17 bits per heavy atom. The number of nitrogens with one attached hydrogen (secondary N) is 2. The lowest BCUT2D eigenvalue weighted by molar-refractivity contribution is -0.140. The van der Waals surface area contributed by atoms with Crippen LogP contribution in [-0.2, 0) is 14.3 Å². The molecule has 2 N–H and O–H groups in total. The first-order valence-electron chi connectivity index (χ1n) is 10.0. The topological polar surface area (TPSA) is 87.7 Å². The lowest BCUT2D eigenvalue weighted by Gasteiger charge is -2.32. The Morgan fingerprint density at radius 1 is 1.10 bits per heavy atom. The number of carbonyl (C=O) groups excluding carboxylic acids is 3. The van der Waals surface area contributed by atoms with Gasteiger partial charge in [-0.2, -0.15) is 12.6 Å². The van der Waals surface area contributed by atoms with Crippen molar-refractivity contribution in [2.24, 2.45) is 0 Å². The minimum absolute atomic E-state index is 0.0634. The van der Waals surface area contributed by atoms with E-state index in [1.54, 1.807) is 27.8 Å². The molecule has 0 saturated carbocycles. The van der Waals surface area contributed by atoms with Crippen molar-refractivity contribution in [3.8, 4) is 0 Å². The summed E-state index contributed by atoms with van der Waals surface area (Å²) >= 11 is 4.21. The molecular weight excluding hydrogens is 402 g/mol. The van der Waals surface area contributed by atoms with Crippen LogP contribution in [-0.4, -0.2) is 53.3 Å². The quantitative estimate of drug-likeness (QED) is 0.572. The Hall–Kier alpha value is -2.22. The van der Waals surface area contributed by atoms with Gasteiger partial charge in [-0.15, -0.1) is 0 Å². The fraction of sp³-hybridized carbons (Fsp3) is 0.591. The zero-order valence-electron chi connectivity index (χ0n) is 19.2. The van der Waals surface area contributed by atoms with Crippen LogP contribution in [0.2, 0.25) is 0 Å². The van der Waals surface area contributed by atoms with Gasteiger partial charge in [0.15, 0.2) is 0 Å². The highest BCUT2D eigenvalue weighted by molar-refractivity contribution is 7.80. The Balaban J connectivity index is 3.18. The van der Waals surface area contributed by atoms with Crippen LogP contribution in [0.15, 0.2) is 18.2 Å². The molecule has 3 amide bonds. The van der Waals surface area contributed by atoms with Crippen LogP contribution >= 0.6 is 12.6 Å². The van der Waals surface area contributed by atoms with Gasteiger partial charge >= 0.3 is 6.09 Å². The molecule has 30 heavy (non-hydrogen) atoms. The fourth-order valence-corrected chi connectivity index (χ4v) is 3.10. The van der Waals surface area contributed by atoms with Crippen molar-refractivity contribution >= 4 is 30.5 Å². The van der Waals surface area contributed by atoms with Gasteiger partial charge in [-0.3, -0.25) is 9.59 Å². The lowest BCUT2D eigenvalue weighted by atomic mass is 9.99. The zero-order valence-corrected chi connectivity index (χ0v) is 20.1. The number of rotatable bonds is 7. The van der Waals surface area contributed by atoms with Gasteiger partial charge in [-0.1, -0.05) is 18.2 Å². The SMILES string of the molecule is Cc1ccc(C(C(=O)NC(C)C)N(C)C(=O)C(CS)NC(=O)OC(C)(C)C)cc1C. The average Bonchev–Trinajstić information content (AvgIpc) is 2.60. The highest BCUT2D eigenvalue weighted by Crippen LogP contribution is 2.24. The van der Waals surface area contributed by atoms with Crippen LogP contribution in [0, 0.1) is 13.8 Å². The Labute approximate surface area is 185 Å². The number of aryl methyl sites for hydroxylation is 2. The summed E-state index contributed by atoms with van der Waals surface area (Å²) in [7, 11) is 1.55. The van der Waals surface area contributed by atoms with Crippen molar-refractivity contribution in [1.82, 2.24) is 15.5 Å². The van der Waals surface area contributed by atoms with Gasteiger partial charge in [0.2, 0.25) is 11.8 Å². The second-order valence-electron chi connectivity index (χ2n) is 8.74. The third-order valence-corrected chi connectivity index (χ3v) is 4.80. The van der Waals surface area contributed by atoms with Gasteiger partial charge in [-0.05, 0) is 65.2 Å². The van der Waals surface area contributed by atoms with Crippen LogP contribution in [0.3, 0.4) is 0 Å². The molecule has 0 radical (unpaired) electrons. The largest absolute Gasteiger partial charge is 0.444 e. The maximum Gasteiger partial charge on any atom is 0.408 e. The summed E-state index contributed by atoms with van der Waals surface area (Å²) in [4.78, 5) is 39.6. The van der Waals surface area contributed by atoms with Gasteiger partial charge in [-0.25, -0.2) is 4.79 Å². The van der Waals surface area contributed by atoms with Crippen molar-refractivity contribution in [2.45, 2.75) is 72.2 Å². The molecule has 7 nitrogen and oxygen atoms in total. The summed E-state index contributed by atoms with van der Waals surface area (Å²) in [5, 5.41) is 5.43. The van der Waals surface area contributed by atoms with E-state index in [4.69, 9.17) is 4.74 Å². The van der Waals surface area contributed by atoms with E-state index >= 15 is 0 Å². The molecule has 0 bridgehead atoms. The molecule has 8 heteroatoms. The van der Waals surface area contributed by atoms with Gasteiger partial charge in [0, 0.05) is 18.8 Å². The number of carbonyl (C=O) groups is 3. The number of thiol groups is 1. The van der Waals surface area contributed by atoms with E-state index in [0.29, 0.717) is 5.56 Å². The predicted octanol–water partition coefficient (Wildman–Crippen LogP) is 3.15. The highest BCUT2D eigenvalue weighted by Gasteiger charge is 2.33. The normalized spacial score (nSPS) is 13.4. The minimum Gasteiger partial charge on any atom is -0.444 e. The van der Waals surface area contributed by atoms with Crippen molar-refractivity contribution < 1.29 is 19.1 Å². The van der Waals surface area contributed by atoms with Crippen molar-refractivity contribution in [2.75, 3.05) is 12.8 Å². The number of nitrogens with zero attached hydrogens (tertiary/aromatic N) is 1. The molecule has 0 fully saturated rings. The molecule has 0 aliphatic carbocycles. The van der Waals surface area contributed by atoms with E-state index in [0.717, 1.165) is 11.1 Å². The van der Waals surface area contributed by atoms with E-state index in [-0.39, 0.29) is 17.7 Å². The minimum atomic E-state index is -0.936. The summed E-state index contributed by atoms with van der Waals surface area (Å²) in [5.74, 6) is -0.661. The number of hydrogen-bond acceptors (Lipinski definition) is 5. The Bertz CT molecular complexity index is 774. The molecule has 168 valence electrons. The number of ether oxygens (including phenoxy) is 1. The van der Waals surface area contributed by atoms with Crippen molar-refractivity contribution in [1.29, 1.82) is 0 Å². The maximum absolute atomic E-state index is 13.2. The summed E-state index contributed by atoms with van der Waals surface area (Å²) < 4.78 is 5.24. The summed E-state index contributed by atoms with van der Waals surface area (Å²) in [6, 6.07) is 3.80. The standard InChI is InChI=1S/C22H35N3O4S/c1-13(2)23-19(26)18(16-10-9-14(3)15(4)11-16)25(8)20(27)17(12-30)24-21(28)29-22(5,6)7/h9-11,13,17-18,30H,12H2,1-8H3,(H,23,26)(H,24,28). The first kappa shape index (κ1) is 25.8. The number of amides is 3. The summed E-state index contributed by atoms with van der Waals surface area (Å²) in [6.07, 6.45) is -0.710. The van der Waals surface area contributed by atoms with Crippen LogP contribution < -0.4 is 10.6 Å². The van der Waals surface area contributed by atoms with E-state index in [1.165, 1.54) is 4.90 Å². The molecule has 0 saturated heterocycles. The van der Waals surface area contributed by atoms with Gasteiger partial charge in [0.1, 0.15) is 17.7 Å². The average molecular weight is 438 g/mol. The molecule has 1 aromatic rings. The monoisotopic (exact) mass is 437 g/mol. The number of benzene rings is 1. The number of likely N-dealkylation sites (N-methyl/N-ethyl adjacent to an activating group) is 1. The second-order valence-corrected chi connectivity index (χ2v) is 9.11. The first-order valence-corrected chi connectivity index (χ1v) is 10.6. The number of alkyl carbamates (subject to hydrolysis) is 1. The van der Waals surface area contributed by atoms with Crippen LogP contribution in [0.25, 0.3) is 0 Å².